The monoisotopic (exact) mass is 382 g/mol. The standard InChI is InChI=1S/C17H13F3N2O5/c18-17(19,20)10-6-8(2-4-11(10)22(26)27)21-15(24)13-7-1-3-9(12(23)5-7)14(13)16(21)25/h2,4,6-7,9,24-25H,1,3,5H2/t7-,9+/m0/s1. The van der Waals surface area contributed by atoms with Crippen molar-refractivity contribution in [1.82, 2.24) is 4.57 Å². The Morgan fingerprint density at radius 3 is 2.41 bits per heavy atom. The number of nitro groups is 1. The van der Waals surface area contributed by atoms with Gasteiger partial charge in [0.1, 0.15) is 11.3 Å². The Balaban J connectivity index is 1.94. The zero-order valence-electron chi connectivity index (χ0n) is 13.7. The maximum absolute atomic E-state index is 13.2. The Hall–Kier alpha value is -3.04. The number of aromatic hydroxyl groups is 2. The lowest BCUT2D eigenvalue weighted by molar-refractivity contribution is -0.388. The Bertz CT molecular complexity index is 995. The molecule has 1 aromatic heterocycles. The van der Waals surface area contributed by atoms with Gasteiger partial charge in [-0.05, 0) is 30.9 Å². The number of carbonyl (C=O) groups excluding carboxylic acids is 1. The minimum atomic E-state index is -4.99. The van der Waals surface area contributed by atoms with Crippen molar-refractivity contribution in [2.75, 3.05) is 0 Å². The average molecular weight is 382 g/mol. The molecule has 27 heavy (non-hydrogen) atoms. The molecule has 2 N–H and O–H groups in total. The Morgan fingerprint density at radius 1 is 1.15 bits per heavy atom. The summed E-state index contributed by atoms with van der Waals surface area (Å²) in [5, 5.41) is 32.0. The molecule has 0 unspecified atom stereocenters. The fraction of sp³-hybridized carbons (Fsp3) is 0.353. The lowest BCUT2D eigenvalue weighted by Crippen LogP contribution is -2.28. The van der Waals surface area contributed by atoms with Crippen molar-refractivity contribution in [2.24, 2.45) is 0 Å². The van der Waals surface area contributed by atoms with Gasteiger partial charge in [-0.1, -0.05) is 0 Å². The SMILES string of the molecule is O=C1C[C@@H]2CC[C@H]1c1c2c(O)n(-c2ccc([N+](=O)[O-])c(C(F)(F)F)c2)c1O. The highest BCUT2D eigenvalue weighted by molar-refractivity contribution is 5.91. The first-order valence-corrected chi connectivity index (χ1v) is 8.16. The highest BCUT2D eigenvalue weighted by atomic mass is 19.4. The van der Waals surface area contributed by atoms with E-state index < -0.39 is 40.0 Å². The van der Waals surface area contributed by atoms with Crippen LogP contribution < -0.4 is 0 Å². The highest BCUT2D eigenvalue weighted by Crippen LogP contribution is 2.56. The third-order valence-corrected chi connectivity index (χ3v) is 5.33. The molecule has 0 radical (unpaired) electrons. The molecular formula is C17H13F3N2O5. The molecule has 3 aliphatic rings. The molecule has 10 heteroatoms. The number of hydrogen-bond acceptors (Lipinski definition) is 5. The van der Waals surface area contributed by atoms with Crippen LogP contribution in [-0.4, -0.2) is 25.5 Å². The van der Waals surface area contributed by atoms with E-state index in [1.54, 1.807) is 0 Å². The number of ketones is 1. The minimum Gasteiger partial charge on any atom is -0.494 e. The number of nitrogens with zero attached hydrogens (tertiary/aromatic N) is 2. The van der Waals surface area contributed by atoms with Crippen LogP contribution in [0.4, 0.5) is 18.9 Å². The van der Waals surface area contributed by atoms with Crippen molar-refractivity contribution < 1.29 is 33.1 Å². The first-order chi connectivity index (χ1) is 12.6. The fourth-order valence-electron chi connectivity index (χ4n) is 4.19. The average Bonchev–Trinajstić information content (AvgIpc) is 2.87. The predicted octanol–water partition coefficient (Wildman–Crippen LogP) is 3.75. The van der Waals surface area contributed by atoms with Gasteiger partial charge in [0, 0.05) is 29.5 Å². The van der Waals surface area contributed by atoms with E-state index in [9.17, 15) is 38.3 Å². The smallest absolute Gasteiger partial charge is 0.423 e. The minimum absolute atomic E-state index is 0.0779. The van der Waals surface area contributed by atoms with Crippen LogP contribution in [-0.2, 0) is 11.0 Å². The molecule has 2 aromatic rings. The summed E-state index contributed by atoms with van der Waals surface area (Å²) in [5.41, 5.74) is -2.28. The predicted molar refractivity (Wildman–Crippen MR) is 85.1 cm³/mol. The number of alkyl halides is 3. The first-order valence-electron chi connectivity index (χ1n) is 8.16. The lowest BCUT2D eigenvalue weighted by Gasteiger charge is -2.34. The second kappa shape index (κ2) is 5.48. The molecule has 7 nitrogen and oxygen atoms in total. The molecule has 1 heterocycles. The molecule has 0 aliphatic heterocycles. The van der Waals surface area contributed by atoms with Gasteiger partial charge in [-0.2, -0.15) is 13.2 Å². The summed E-state index contributed by atoms with van der Waals surface area (Å²) in [6.45, 7) is 0. The molecule has 3 aliphatic carbocycles. The van der Waals surface area contributed by atoms with Crippen LogP contribution in [0, 0.1) is 10.1 Å². The van der Waals surface area contributed by atoms with Crippen LogP contribution in [0.15, 0.2) is 18.2 Å². The molecule has 2 atom stereocenters. The number of nitro benzene ring substituents is 1. The Kier molecular flexibility index (Phi) is 3.53. The number of benzene rings is 1. The van der Waals surface area contributed by atoms with E-state index in [2.05, 4.69) is 0 Å². The third-order valence-electron chi connectivity index (χ3n) is 5.33. The van der Waals surface area contributed by atoms with E-state index in [-0.39, 0.29) is 29.4 Å². The van der Waals surface area contributed by atoms with Crippen LogP contribution in [0.1, 0.15) is 47.8 Å². The van der Waals surface area contributed by atoms with Gasteiger partial charge in [0.15, 0.2) is 0 Å². The number of carbonyl (C=O) groups is 1. The Labute approximate surface area is 149 Å². The molecule has 0 spiro atoms. The summed E-state index contributed by atoms with van der Waals surface area (Å²) in [7, 11) is 0. The maximum Gasteiger partial charge on any atom is 0.423 e. The highest BCUT2D eigenvalue weighted by Gasteiger charge is 2.45. The number of aromatic nitrogens is 1. The van der Waals surface area contributed by atoms with Crippen molar-refractivity contribution in [3.63, 3.8) is 0 Å². The van der Waals surface area contributed by atoms with Crippen molar-refractivity contribution in [2.45, 2.75) is 37.3 Å². The summed E-state index contributed by atoms with van der Waals surface area (Å²) in [6, 6.07) is 2.20. The largest absolute Gasteiger partial charge is 0.494 e. The number of hydrogen-bond donors (Lipinski definition) is 2. The van der Waals surface area contributed by atoms with E-state index in [1.807, 2.05) is 0 Å². The van der Waals surface area contributed by atoms with E-state index in [0.29, 0.717) is 30.5 Å². The van der Waals surface area contributed by atoms with Crippen LogP contribution in [0.3, 0.4) is 0 Å². The van der Waals surface area contributed by atoms with Gasteiger partial charge in [-0.15, -0.1) is 0 Å². The van der Waals surface area contributed by atoms with Crippen LogP contribution >= 0.6 is 0 Å². The fourth-order valence-corrected chi connectivity index (χ4v) is 4.19. The summed E-state index contributed by atoms with van der Waals surface area (Å²) < 4.78 is 40.5. The normalized spacial score (nSPS) is 21.4. The zero-order valence-corrected chi connectivity index (χ0v) is 13.7. The zero-order chi connectivity index (χ0) is 19.7. The van der Waals surface area contributed by atoms with Crippen molar-refractivity contribution in [3.05, 3.63) is 45.0 Å². The lowest BCUT2D eigenvalue weighted by atomic mass is 9.67. The van der Waals surface area contributed by atoms with E-state index in [4.69, 9.17) is 0 Å². The summed E-state index contributed by atoms with van der Waals surface area (Å²) in [4.78, 5) is 21.9. The molecule has 1 aromatic carbocycles. The maximum atomic E-state index is 13.2. The van der Waals surface area contributed by atoms with Gasteiger partial charge < -0.3 is 10.2 Å². The van der Waals surface area contributed by atoms with Gasteiger partial charge in [0.25, 0.3) is 5.69 Å². The topological polar surface area (TPSA) is 106 Å². The summed E-state index contributed by atoms with van der Waals surface area (Å²) in [6.07, 6.45) is -3.65. The van der Waals surface area contributed by atoms with Gasteiger partial charge >= 0.3 is 6.18 Å². The van der Waals surface area contributed by atoms with E-state index >= 15 is 0 Å². The van der Waals surface area contributed by atoms with Gasteiger partial charge in [0.2, 0.25) is 11.8 Å². The molecule has 1 saturated carbocycles. The summed E-state index contributed by atoms with van der Waals surface area (Å²) >= 11 is 0. The van der Waals surface area contributed by atoms with Crippen LogP contribution in [0.25, 0.3) is 5.69 Å². The quantitative estimate of drug-likeness (QED) is 0.608. The third kappa shape index (κ3) is 2.39. The van der Waals surface area contributed by atoms with Gasteiger partial charge in [-0.3, -0.25) is 19.5 Å². The van der Waals surface area contributed by atoms with Crippen molar-refractivity contribution in [3.8, 4) is 17.4 Å². The number of Topliss-reactive ketones (excluding diaryl/α,β-unsaturated/α-hetero) is 1. The second-order valence-electron chi connectivity index (χ2n) is 6.76. The molecule has 142 valence electrons. The molecule has 0 saturated heterocycles. The molecule has 1 fully saturated rings. The van der Waals surface area contributed by atoms with Crippen molar-refractivity contribution in [1.29, 1.82) is 0 Å². The van der Waals surface area contributed by atoms with Crippen LogP contribution in [0.2, 0.25) is 0 Å². The number of rotatable bonds is 2. The van der Waals surface area contributed by atoms with E-state index in [1.165, 1.54) is 0 Å². The number of halogens is 3. The van der Waals surface area contributed by atoms with Gasteiger partial charge in [-0.25, -0.2) is 0 Å². The molecular weight excluding hydrogens is 369 g/mol. The first kappa shape index (κ1) is 17.4. The molecule has 0 amide bonds. The van der Waals surface area contributed by atoms with E-state index in [0.717, 1.165) is 10.6 Å². The summed E-state index contributed by atoms with van der Waals surface area (Å²) in [5.74, 6) is -1.92. The second-order valence-corrected chi connectivity index (χ2v) is 6.76. The number of fused-ring (bicyclic) bond motifs is 2. The van der Waals surface area contributed by atoms with Crippen molar-refractivity contribution >= 4 is 11.5 Å². The van der Waals surface area contributed by atoms with Crippen LogP contribution in [0.5, 0.6) is 11.8 Å². The van der Waals surface area contributed by atoms with Gasteiger partial charge in [0.05, 0.1) is 10.6 Å². The Morgan fingerprint density at radius 2 is 1.81 bits per heavy atom. The molecule has 2 bridgehead atoms. The molecule has 5 rings (SSSR count).